The quantitative estimate of drug-likeness (QED) is 0.686. The molecule has 1 saturated heterocycles. The number of hydrogen-bond acceptors (Lipinski definition) is 5. The Kier molecular flexibility index (Phi) is 4.62. The topological polar surface area (TPSA) is 68.5 Å². The first-order valence-corrected chi connectivity index (χ1v) is 9.08. The van der Waals surface area contributed by atoms with Crippen LogP contribution in [0.5, 0.6) is 5.75 Å². The third kappa shape index (κ3) is 3.43. The highest BCUT2D eigenvalue weighted by molar-refractivity contribution is 5.96. The minimum atomic E-state index is -0.0782. The van der Waals surface area contributed by atoms with Gasteiger partial charge in [-0.15, -0.1) is 0 Å². The van der Waals surface area contributed by atoms with Crippen molar-refractivity contribution in [2.45, 2.75) is 26.2 Å². The van der Waals surface area contributed by atoms with Gasteiger partial charge in [0, 0.05) is 30.1 Å². The maximum Gasteiger partial charge on any atom is 0.258 e. The molecule has 2 heterocycles. The molecule has 3 aromatic rings. The van der Waals surface area contributed by atoms with Crippen LogP contribution in [-0.4, -0.2) is 29.2 Å². The Morgan fingerprint density at radius 2 is 1.96 bits per heavy atom. The maximum absolute atomic E-state index is 12.5. The largest absolute Gasteiger partial charge is 0.494 e. The van der Waals surface area contributed by atoms with E-state index in [0.717, 1.165) is 22.6 Å². The second kappa shape index (κ2) is 7.23. The zero-order valence-electron chi connectivity index (χ0n) is 15.4. The van der Waals surface area contributed by atoms with E-state index in [1.165, 1.54) is 0 Å². The number of aromatic nitrogens is 2. The Balaban J connectivity index is 1.52. The lowest BCUT2D eigenvalue weighted by Gasteiger charge is -2.16. The van der Waals surface area contributed by atoms with E-state index in [2.05, 4.69) is 10.1 Å². The third-order valence-electron chi connectivity index (χ3n) is 4.77. The number of anilines is 1. The average molecular weight is 363 g/mol. The van der Waals surface area contributed by atoms with E-state index in [4.69, 9.17) is 9.26 Å². The number of ether oxygens (including phenoxy) is 1. The Labute approximate surface area is 157 Å². The number of rotatable bonds is 5. The Hall–Kier alpha value is -3.15. The summed E-state index contributed by atoms with van der Waals surface area (Å²) in [6.07, 6.45) is 0.375. The summed E-state index contributed by atoms with van der Waals surface area (Å²) < 4.78 is 10.9. The van der Waals surface area contributed by atoms with Crippen LogP contribution >= 0.6 is 0 Å². The Morgan fingerprint density at radius 3 is 2.70 bits per heavy atom. The SMILES string of the molecule is CCOc1ccc(N2CC(c3noc(-c4ccccc4C)n3)CC2=O)cc1. The first-order chi connectivity index (χ1) is 13.2. The van der Waals surface area contributed by atoms with Gasteiger partial charge in [-0.2, -0.15) is 4.98 Å². The normalized spacial score (nSPS) is 16.7. The lowest BCUT2D eigenvalue weighted by Crippen LogP contribution is -2.24. The van der Waals surface area contributed by atoms with Gasteiger partial charge in [-0.1, -0.05) is 23.4 Å². The summed E-state index contributed by atoms with van der Waals surface area (Å²) in [6.45, 7) is 5.11. The second-order valence-electron chi connectivity index (χ2n) is 6.60. The van der Waals surface area contributed by atoms with E-state index in [1.54, 1.807) is 4.90 Å². The molecule has 0 aliphatic carbocycles. The zero-order chi connectivity index (χ0) is 18.8. The molecule has 1 aliphatic heterocycles. The van der Waals surface area contributed by atoms with E-state index in [1.807, 2.05) is 62.4 Å². The second-order valence-corrected chi connectivity index (χ2v) is 6.60. The van der Waals surface area contributed by atoms with Gasteiger partial charge in [0.25, 0.3) is 5.89 Å². The predicted octanol–water partition coefficient (Wildman–Crippen LogP) is 3.96. The summed E-state index contributed by atoms with van der Waals surface area (Å²) in [5.41, 5.74) is 2.85. The number of benzene rings is 2. The molecular weight excluding hydrogens is 342 g/mol. The first kappa shape index (κ1) is 17.3. The van der Waals surface area contributed by atoms with Crippen molar-refractivity contribution < 1.29 is 14.1 Å². The monoisotopic (exact) mass is 363 g/mol. The summed E-state index contributed by atoms with van der Waals surface area (Å²) in [6, 6.07) is 15.4. The molecular formula is C21H21N3O3. The fourth-order valence-electron chi connectivity index (χ4n) is 3.34. The van der Waals surface area contributed by atoms with Gasteiger partial charge >= 0.3 is 0 Å². The summed E-state index contributed by atoms with van der Waals surface area (Å²) in [5.74, 6) is 1.85. The maximum atomic E-state index is 12.5. The van der Waals surface area contributed by atoms with Crippen molar-refractivity contribution in [2.24, 2.45) is 0 Å². The molecule has 27 heavy (non-hydrogen) atoms. The number of nitrogens with zero attached hydrogens (tertiary/aromatic N) is 3. The van der Waals surface area contributed by atoms with Crippen molar-refractivity contribution >= 4 is 11.6 Å². The summed E-state index contributed by atoms with van der Waals surface area (Å²) in [4.78, 5) is 18.8. The number of carbonyl (C=O) groups excluding carboxylic acids is 1. The van der Waals surface area contributed by atoms with Gasteiger partial charge in [-0.05, 0) is 49.7 Å². The van der Waals surface area contributed by atoms with Crippen LogP contribution in [0.25, 0.3) is 11.5 Å². The van der Waals surface area contributed by atoms with E-state index in [0.29, 0.717) is 31.3 Å². The predicted molar refractivity (Wildman–Crippen MR) is 102 cm³/mol. The van der Waals surface area contributed by atoms with Crippen molar-refractivity contribution in [2.75, 3.05) is 18.1 Å². The van der Waals surface area contributed by atoms with Gasteiger partial charge in [0.15, 0.2) is 5.82 Å². The number of amides is 1. The number of carbonyl (C=O) groups is 1. The summed E-state index contributed by atoms with van der Waals surface area (Å²) >= 11 is 0. The van der Waals surface area contributed by atoms with Crippen LogP contribution in [0.1, 0.15) is 30.7 Å². The van der Waals surface area contributed by atoms with Gasteiger partial charge in [0.05, 0.1) is 6.61 Å². The molecule has 4 rings (SSSR count). The smallest absolute Gasteiger partial charge is 0.258 e. The van der Waals surface area contributed by atoms with Gasteiger partial charge in [-0.3, -0.25) is 4.79 Å². The minimum absolute atomic E-state index is 0.0615. The molecule has 6 heteroatoms. The molecule has 0 saturated carbocycles. The van der Waals surface area contributed by atoms with Crippen LogP contribution < -0.4 is 9.64 Å². The van der Waals surface area contributed by atoms with Gasteiger partial charge in [0.1, 0.15) is 5.75 Å². The van der Waals surface area contributed by atoms with E-state index in [-0.39, 0.29) is 11.8 Å². The lowest BCUT2D eigenvalue weighted by molar-refractivity contribution is -0.117. The van der Waals surface area contributed by atoms with Crippen LogP contribution in [0.2, 0.25) is 0 Å². The minimum Gasteiger partial charge on any atom is -0.494 e. The Morgan fingerprint density at radius 1 is 1.19 bits per heavy atom. The first-order valence-electron chi connectivity index (χ1n) is 9.08. The molecule has 0 spiro atoms. The van der Waals surface area contributed by atoms with Gasteiger partial charge in [0.2, 0.25) is 5.91 Å². The molecule has 2 aromatic carbocycles. The van der Waals surface area contributed by atoms with Crippen molar-refractivity contribution in [1.29, 1.82) is 0 Å². The third-order valence-corrected chi connectivity index (χ3v) is 4.77. The standard InChI is InChI=1S/C21H21N3O3/c1-3-26-17-10-8-16(9-11-17)24-13-15(12-19(24)25)20-22-21(27-23-20)18-7-5-4-6-14(18)2/h4-11,15H,3,12-13H2,1-2H3. The van der Waals surface area contributed by atoms with Crippen molar-refractivity contribution in [3.63, 3.8) is 0 Å². The molecule has 6 nitrogen and oxygen atoms in total. The number of hydrogen-bond donors (Lipinski definition) is 0. The van der Waals surface area contributed by atoms with E-state index >= 15 is 0 Å². The number of aryl methyl sites for hydroxylation is 1. The van der Waals surface area contributed by atoms with Crippen LogP contribution in [-0.2, 0) is 4.79 Å². The van der Waals surface area contributed by atoms with Crippen LogP contribution in [0.4, 0.5) is 5.69 Å². The van der Waals surface area contributed by atoms with Crippen LogP contribution in [0.3, 0.4) is 0 Å². The lowest BCUT2D eigenvalue weighted by atomic mass is 10.1. The highest BCUT2D eigenvalue weighted by Gasteiger charge is 2.34. The zero-order valence-corrected chi connectivity index (χ0v) is 15.4. The molecule has 1 unspecified atom stereocenters. The van der Waals surface area contributed by atoms with Crippen LogP contribution in [0, 0.1) is 6.92 Å². The highest BCUT2D eigenvalue weighted by Crippen LogP contribution is 2.32. The molecule has 0 bridgehead atoms. The van der Waals surface area contributed by atoms with Gasteiger partial charge in [-0.25, -0.2) is 0 Å². The van der Waals surface area contributed by atoms with Crippen molar-refractivity contribution in [1.82, 2.24) is 10.1 Å². The molecule has 1 amide bonds. The summed E-state index contributed by atoms with van der Waals surface area (Å²) in [7, 11) is 0. The highest BCUT2D eigenvalue weighted by atomic mass is 16.5. The molecule has 1 aromatic heterocycles. The van der Waals surface area contributed by atoms with E-state index < -0.39 is 0 Å². The van der Waals surface area contributed by atoms with Gasteiger partial charge < -0.3 is 14.2 Å². The summed E-state index contributed by atoms with van der Waals surface area (Å²) in [5, 5.41) is 4.13. The fourth-order valence-corrected chi connectivity index (χ4v) is 3.34. The molecule has 1 atom stereocenters. The average Bonchev–Trinajstić information content (AvgIpc) is 3.30. The molecule has 1 fully saturated rings. The van der Waals surface area contributed by atoms with Crippen molar-refractivity contribution in [3.05, 3.63) is 59.9 Å². The molecule has 1 aliphatic rings. The van der Waals surface area contributed by atoms with E-state index in [9.17, 15) is 4.79 Å². The molecule has 138 valence electrons. The van der Waals surface area contributed by atoms with Crippen molar-refractivity contribution in [3.8, 4) is 17.2 Å². The van der Waals surface area contributed by atoms with Crippen LogP contribution in [0.15, 0.2) is 53.1 Å². The molecule has 0 N–H and O–H groups in total. The Bertz CT molecular complexity index is 949. The fraction of sp³-hybridized carbons (Fsp3) is 0.286. The molecule has 0 radical (unpaired) electrons.